The van der Waals surface area contributed by atoms with Crippen molar-refractivity contribution in [1.82, 2.24) is 0 Å². The normalized spacial score (nSPS) is 12.8. The van der Waals surface area contributed by atoms with Crippen LogP contribution in [0.25, 0.3) is 11.1 Å². The number of ketones is 1. The summed E-state index contributed by atoms with van der Waals surface area (Å²) in [6.45, 7) is 1.69. The van der Waals surface area contributed by atoms with Gasteiger partial charge < -0.3 is 4.74 Å². The Balaban J connectivity index is 1.87. The molecule has 0 aliphatic heterocycles. The number of ether oxygens (including phenoxy) is 1. The molecule has 3 rings (SSSR count). The quantitative estimate of drug-likeness (QED) is 0.316. The Labute approximate surface area is 180 Å². The van der Waals surface area contributed by atoms with Gasteiger partial charge in [0.2, 0.25) is 0 Å². The van der Waals surface area contributed by atoms with Gasteiger partial charge in [-0.2, -0.15) is 0 Å². The van der Waals surface area contributed by atoms with Gasteiger partial charge in [-0.05, 0) is 35.7 Å². The molecule has 0 saturated carbocycles. The summed E-state index contributed by atoms with van der Waals surface area (Å²) in [5, 5.41) is 0.513. The maximum atomic E-state index is 14.5. The van der Waals surface area contributed by atoms with Crippen molar-refractivity contribution >= 4 is 23.4 Å². The Morgan fingerprint density at radius 1 is 0.900 bits per heavy atom. The maximum Gasteiger partial charge on any atom is 0.340 e. The largest absolute Gasteiger partial charge is 0.464 e. The van der Waals surface area contributed by atoms with Gasteiger partial charge in [-0.1, -0.05) is 78.3 Å². The molecule has 0 saturated heterocycles. The Morgan fingerprint density at radius 3 is 2.10 bits per heavy atom. The average molecular weight is 425 g/mol. The van der Waals surface area contributed by atoms with E-state index in [4.69, 9.17) is 16.3 Å². The maximum absolute atomic E-state index is 14.5. The topological polar surface area (TPSA) is 43.4 Å². The van der Waals surface area contributed by atoms with Crippen LogP contribution in [0.5, 0.6) is 0 Å². The number of rotatable bonds is 8. The van der Waals surface area contributed by atoms with Crippen molar-refractivity contribution < 1.29 is 18.7 Å². The van der Waals surface area contributed by atoms with Crippen LogP contribution >= 0.6 is 11.6 Å². The van der Waals surface area contributed by atoms with E-state index in [0.717, 1.165) is 11.1 Å². The summed E-state index contributed by atoms with van der Waals surface area (Å²) in [6.07, 6.45) is -2.18. The summed E-state index contributed by atoms with van der Waals surface area (Å²) in [5.74, 6) is -2.04. The SMILES string of the molecule is CCOC(=O)C(F)CC(C(=O)c1ccc(-c2ccccc2)cc1)c1ccc(Cl)cc1. The van der Waals surface area contributed by atoms with Gasteiger partial charge in [0, 0.05) is 17.0 Å². The average Bonchev–Trinajstić information content (AvgIpc) is 2.78. The summed E-state index contributed by atoms with van der Waals surface area (Å²) in [7, 11) is 0. The lowest BCUT2D eigenvalue weighted by atomic mass is 9.86. The number of halogens is 2. The van der Waals surface area contributed by atoms with Crippen LogP contribution < -0.4 is 0 Å². The number of Topliss-reactive ketones (excluding diaryl/α,β-unsaturated/α-hetero) is 1. The summed E-state index contributed by atoms with van der Waals surface area (Å²) in [5.41, 5.74) is 3.07. The molecule has 0 aliphatic carbocycles. The van der Waals surface area contributed by atoms with Gasteiger partial charge in [0.25, 0.3) is 0 Å². The lowest BCUT2D eigenvalue weighted by Crippen LogP contribution is -2.25. The molecular formula is C25H22ClFO3. The van der Waals surface area contributed by atoms with E-state index in [2.05, 4.69) is 0 Å². The first kappa shape index (κ1) is 21.7. The molecular weight excluding hydrogens is 403 g/mol. The Kier molecular flexibility index (Phi) is 7.36. The molecule has 2 unspecified atom stereocenters. The molecule has 0 amide bonds. The number of carbonyl (C=O) groups excluding carboxylic acids is 2. The smallest absolute Gasteiger partial charge is 0.340 e. The van der Waals surface area contributed by atoms with Crippen molar-refractivity contribution in [2.24, 2.45) is 0 Å². The second kappa shape index (κ2) is 10.2. The number of carbonyl (C=O) groups is 2. The Bertz CT molecular complexity index is 985. The Morgan fingerprint density at radius 2 is 1.50 bits per heavy atom. The van der Waals surface area contributed by atoms with Crippen molar-refractivity contribution in [3.8, 4) is 11.1 Å². The van der Waals surface area contributed by atoms with Crippen LogP contribution in [0.2, 0.25) is 5.02 Å². The van der Waals surface area contributed by atoms with E-state index in [1.54, 1.807) is 43.3 Å². The van der Waals surface area contributed by atoms with Crippen LogP contribution in [0, 0.1) is 0 Å². The molecule has 3 aromatic carbocycles. The molecule has 154 valence electrons. The molecule has 0 heterocycles. The molecule has 0 aromatic heterocycles. The summed E-state index contributed by atoms with van der Waals surface area (Å²) < 4.78 is 19.3. The van der Waals surface area contributed by atoms with E-state index in [9.17, 15) is 14.0 Å². The third-order valence-corrected chi connectivity index (χ3v) is 5.10. The second-order valence-electron chi connectivity index (χ2n) is 6.87. The van der Waals surface area contributed by atoms with Gasteiger partial charge in [0.15, 0.2) is 12.0 Å². The molecule has 30 heavy (non-hydrogen) atoms. The van der Waals surface area contributed by atoms with Crippen molar-refractivity contribution in [3.05, 3.63) is 95.0 Å². The molecule has 3 nitrogen and oxygen atoms in total. The fourth-order valence-electron chi connectivity index (χ4n) is 3.28. The highest BCUT2D eigenvalue weighted by atomic mass is 35.5. The van der Waals surface area contributed by atoms with E-state index in [1.807, 2.05) is 42.5 Å². The van der Waals surface area contributed by atoms with Gasteiger partial charge >= 0.3 is 5.97 Å². The summed E-state index contributed by atoms with van der Waals surface area (Å²) in [4.78, 5) is 25.0. The van der Waals surface area contributed by atoms with E-state index in [-0.39, 0.29) is 18.8 Å². The van der Waals surface area contributed by atoms with Gasteiger partial charge in [0.05, 0.1) is 12.5 Å². The number of esters is 1. The van der Waals surface area contributed by atoms with Gasteiger partial charge in [-0.25, -0.2) is 9.18 Å². The minimum absolute atomic E-state index is 0.0831. The van der Waals surface area contributed by atoms with Crippen LogP contribution in [-0.2, 0) is 9.53 Å². The highest BCUT2D eigenvalue weighted by Gasteiger charge is 2.30. The molecule has 0 aliphatic rings. The van der Waals surface area contributed by atoms with Crippen LogP contribution in [-0.4, -0.2) is 24.5 Å². The minimum Gasteiger partial charge on any atom is -0.464 e. The first-order valence-electron chi connectivity index (χ1n) is 9.75. The predicted molar refractivity (Wildman–Crippen MR) is 117 cm³/mol. The number of hydrogen-bond acceptors (Lipinski definition) is 3. The first-order chi connectivity index (χ1) is 14.5. The predicted octanol–water partition coefficient (Wildman–Crippen LogP) is 6.26. The second-order valence-corrected chi connectivity index (χ2v) is 7.30. The van der Waals surface area contributed by atoms with Crippen LogP contribution in [0.3, 0.4) is 0 Å². The summed E-state index contributed by atoms with van der Waals surface area (Å²) in [6, 6.07) is 23.6. The van der Waals surface area contributed by atoms with E-state index >= 15 is 0 Å². The number of hydrogen-bond donors (Lipinski definition) is 0. The number of alkyl halides is 1. The van der Waals surface area contributed by atoms with Crippen molar-refractivity contribution in [3.63, 3.8) is 0 Å². The third kappa shape index (κ3) is 5.33. The molecule has 0 spiro atoms. The lowest BCUT2D eigenvalue weighted by molar-refractivity contribution is -0.149. The van der Waals surface area contributed by atoms with E-state index in [1.165, 1.54) is 0 Å². The third-order valence-electron chi connectivity index (χ3n) is 4.85. The standard InChI is InChI=1S/C25H22ClFO3/c1-2-30-25(29)23(27)16-22(19-12-14-21(26)15-13-19)24(28)20-10-8-18(9-11-20)17-6-4-3-5-7-17/h3-15,22-23H,2,16H2,1H3. The summed E-state index contributed by atoms with van der Waals surface area (Å²) >= 11 is 5.95. The van der Waals surface area contributed by atoms with Crippen molar-refractivity contribution in [2.75, 3.05) is 6.61 Å². The monoisotopic (exact) mass is 424 g/mol. The molecule has 0 radical (unpaired) electrons. The fraction of sp³-hybridized carbons (Fsp3) is 0.200. The van der Waals surface area contributed by atoms with E-state index < -0.39 is 18.1 Å². The van der Waals surface area contributed by atoms with Crippen LogP contribution in [0.1, 0.15) is 35.2 Å². The van der Waals surface area contributed by atoms with Crippen LogP contribution in [0.4, 0.5) is 4.39 Å². The van der Waals surface area contributed by atoms with Gasteiger partial charge in [-0.3, -0.25) is 4.79 Å². The van der Waals surface area contributed by atoms with Crippen LogP contribution in [0.15, 0.2) is 78.9 Å². The van der Waals surface area contributed by atoms with Crippen molar-refractivity contribution in [1.29, 1.82) is 0 Å². The first-order valence-corrected chi connectivity index (χ1v) is 10.1. The molecule has 2 atom stereocenters. The number of benzene rings is 3. The molecule has 0 bridgehead atoms. The highest BCUT2D eigenvalue weighted by molar-refractivity contribution is 6.30. The molecule has 0 fully saturated rings. The molecule has 0 N–H and O–H groups in total. The fourth-order valence-corrected chi connectivity index (χ4v) is 3.41. The molecule has 5 heteroatoms. The Hall–Kier alpha value is -2.98. The zero-order valence-corrected chi connectivity index (χ0v) is 17.3. The zero-order valence-electron chi connectivity index (χ0n) is 16.6. The zero-order chi connectivity index (χ0) is 21.5. The molecule has 3 aromatic rings. The van der Waals surface area contributed by atoms with Gasteiger partial charge in [0.1, 0.15) is 0 Å². The van der Waals surface area contributed by atoms with Crippen molar-refractivity contribution in [2.45, 2.75) is 25.4 Å². The highest BCUT2D eigenvalue weighted by Crippen LogP contribution is 2.29. The van der Waals surface area contributed by atoms with Gasteiger partial charge in [-0.15, -0.1) is 0 Å². The van der Waals surface area contributed by atoms with E-state index in [0.29, 0.717) is 16.1 Å². The lowest BCUT2D eigenvalue weighted by Gasteiger charge is -2.18. The minimum atomic E-state index is -1.89.